The van der Waals surface area contributed by atoms with Crippen molar-refractivity contribution in [2.45, 2.75) is 49.8 Å². The summed E-state index contributed by atoms with van der Waals surface area (Å²) in [6, 6.07) is 12.3. The molecule has 1 aliphatic heterocycles. The van der Waals surface area contributed by atoms with Crippen LogP contribution in [-0.4, -0.2) is 39.9 Å². The van der Waals surface area contributed by atoms with E-state index in [1.165, 1.54) is 0 Å². The second kappa shape index (κ2) is 10.00. The van der Waals surface area contributed by atoms with Gasteiger partial charge in [-0.15, -0.1) is 4.91 Å². The standard InChI is InChI=1S/C23H27Cl2N3O3S/c1-22(2,32-27-31)14-28-13-7-12-19(28)23(3,21(29)30)15-8-4-5-11-18(15)26-20-16(24)9-6-10-17(20)25/h4-6,8-11,19,26H,7,12-14H2,1-3H3,(H,29,30)/t19-,23?/m0/s1. The Morgan fingerprint density at radius 3 is 2.47 bits per heavy atom. The molecule has 6 nitrogen and oxygen atoms in total. The van der Waals surface area contributed by atoms with Crippen molar-refractivity contribution in [3.63, 3.8) is 0 Å². The number of hydrogen-bond acceptors (Lipinski definition) is 6. The maximum Gasteiger partial charge on any atom is 0.315 e. The highest BCUT2D eigenvalue weighted by Crippen LogP contribution is 2.43. The number of carboxylic acid groups (broad SMARTS) is 1. The van der Waals surface area contributed by atoms with Gasteiger partial charge >= 0.3 is 5.97 Å². The number of halogens is 2. The summed E-state index contributed by atoms with van der Waals surface area (Å²) in [6.07, 6.45) is 1.62. The first-order valence-electron chi connectivity index (χ1n) is 10.4. The molecule has 0 bridgehead atoms. The van der Waals surface area contributed by atoms with Crippen LogP contribution in [0.5, 0.6) is 0 Å². The Morgan fingerprint density at radius 2 is 1.84 bits per heavy atom. The maximum absolute atomic E-state index is 12.8. The number of aliphatic carboxylic acids is 1. The summed E-state index contributed by atoms with van der Waals surface area (Å²) in [6.45, 7) is 6.99. The van der Waals surface area contributed by atoms with Crippen LogP contribution in [0.4, 0.5) is 11.4 Å². The predicted octanol–water partition coefficient (Wildman–Crippen LogP) is 6.74. The zero-order chi connectivity index (χ0) is 23.5. The average Bonchev–Trinajstić information content (AvgIpc) is 3.18. The number of rotatable bonds is 9. The van der Waals surface area contributed by atoms with E-state index in [9.17, 15) is 14.8 Å². The van der Waals surface area contributed by atoms with E-state index in [-0.39, 0.29) is 6.04 Å². The zero-order valence-corrected chi connectivity index (χ0v) is 20.6. The van der Waals surface area contributed by atoms with Gasteiger partial charge in [0.1, 0.15) is 5.41 Å². The number of carboxylic acids is 1. The summed E-state index contributed by atoms with van der Waals surface area (Å²) in [5, 5.41) is 14.7. The van der Waals surface area contributed by atoms with Crippen LogP contribution in [0.25, 0.3) is 0 Å². The topological polar surface area (TPSA) is 82.0 Å². The molecule has 0 aromatic heterocycles. The third kappa shape index (κ3) is 5.06. The first kappa shape index (κ1) is 24.8. The van der Waals surface area contributed by atoms with Crippen LogP contribution < -0.4 is 5.32 Å². The largest absolute Gasteiger partial charge is 0.481 e. The van der Waals surface area contributed by atoms with Crippen LogP contribution in [0.1, 0.15) is 39.2 Å². The summed E-state index contributed by atoms with van der Waals surface area (Å²) in [5.41, 5.74) is 0.624. The molecule has 0 radical (unpaired) electrons. The van der Waals surface area contributed by atoms with Gasteiger partial charge in [0, 0.05) is 39.6 Å². The SMILES string of the molecule is CC(C)(CN1CCC[C@H]1C(C)(C(=O)O)c1ccccc1Nc1c(Cl)cccc1Cl)SN=O. The lowest BCUT2D eigenvalue weighted by molar-refractivity contribution is -0.145. The molecule has 1 aliphatic rings. The first-order valence-corrected chi connectivity index (χ1v) is 11.9. The quantitative estimate of drug-likeness (QED) is 0.296. The fraction of sp³-hybridized carbons (Fsp3) is 0.435. The molecule has 1 saturated heterocycles. The molecule has 2 N–H and O–H groups in total. The summed E-state index contributed by atoms with van der Waals surface area (Å²) in [7, 11) is 0. The number of anilines is 2. The summed E-state index contributed by atoms with van der Waals surface area (Å²) in [5.74, 6) is -0.909. The lowest BCUT2D eigenvalue weighted by atomic mass is 9.73. The summed E-state index contributed by atoms with van der Waals surface area (Å²) >= 11 is 13.7. The highest BCUT2D eigenvalue weighted by Gasteiger charge is 2.49. The summed E-state index contributed by atoms with van der Waals surface area (Å²) < 4.78 is 2.57. The Hall–Kier alpha value is -1.80. The lowest BCUT2D eigenvalue weighted by Gasteiger charge is -2.41. The Balaban J connectivity index is 2.03. The first-order chi connectivity index (χ1) is 15.1. The highest BCUT2D eigenvalue weighted by molar-refractivity contribution is 7.99. The minimum atomic E-state index is -1.21. The second-order valence-electron chi connectivity index (χ2n) is 8.83. The number of carbonyl (C=O) groups is 1. The molecular weight excluding hydrogens is 469 g/mol. The van der Waals surface area contributed by atoms with Gasteiger partial charge in [-0.2, -0.15) is 0 Å². The average molecular weight is 496 g/mol. The van der Waals surface area contributed by atoms with Crippen molar-refractivity contribution in [3.8, 4) is 0 Å². The van der Waals surface area contributed by atoms with Gasteiger partial charge in [-0.25, -0.2) is 0 Å². The number of nitrogens with one attached hydrogen (secondary N) is 1. The number of nitrogens with zero attached hydrogens (tertiary/aromatic N) is 2. The molecule has 32 heavy (non-hydrogen) atoms. The van der Waals surface area contributed by atoms with Crippen LogP contribution in [-0.2, 0) is 10.2 Å². The fourth-order valence-corrected chi connectivity index (χ4v) is 5.44. The molecule has 3 rings (SSSR count). The van der Waals surface area contributed by atoms with E-state index in [0.717, 1.165) is 31.3 Å². The maximum atomic E-state index is 12.8. The molecule has 1 heterocycles. The normalized spacial score (nSPS) is 18.8. The van der Waals surface area contributed by atoms with Gasteiger partial charge in [-0.05, 0) is 63.9 Å². The van der Waals surface area contributed by atoms with Gasteiger partial charge in [0.15, 0.2) is 0 Å². The summed E-state index contributed by atoms with van der Waals surface area (Å²) in [4.78, 5) is 25.8. The highest BCUT2D eigenvalue weighted by atomic mass is 35.5. The number of benzene rings is 2. The van der Waals surface area contributed by atoms with Crippen molar-refractivity contribution in [2.24, 2.45) is 4.58 Å². The van der Waals surface area contributed by atoms with E-state index < -0.39 is 16.1 Å². The van der Waals surface area contributed by atoms with Crippen LogP contribution in [0.2, 0.25) is 10.0 Å². The molecule has 2 atom stereocenters. The predicted molar refractivity (Wildman–Crippen MR) is 133 cm³/mol. The lowest BCUT2D eigenvalue weighted by Crippen LogP contribution is -2.53. The molecule has 0 aliphatic carbocycles. The van der Waals surface area contributed by atoms with E-state index in [0.29, 0.717) is 33.5 Å². The third-order valence-corrected chi connectivity index (χ3v) is 7.38. The Kier molecular flexibility index (Phi) is 7.76. The van der Waals surface area contributed by atoms with Crippen LogP contribution in [0.3, 0.4) is 0 Å². The number of para-hydroxylation sites is 2. The Bertz CT molecular complexity index is 984. The van der Waals surface area contributed by atoms with E-state index in [1.54, 1.807) is 25.1 Å². The van der Waals surface area contributed by atoms with Crippen molar-refractivity contribution in [2.75, 3.05) is 18.4 Å². The molecule has 9 heteroatoms. The smallest absolute Gasteiger partial charge is 0.315 e. The zero-order valence-electron chi connectivity index (χ0n) is 18.3. The number of nitroso groups, excluding NO2 is 1. The monoisotopic (exact) mass is 495 g/mol. The van der Waals surface area contributed by atoms with Gasteiger partial charge in [0.05, 0.1) is 15.7 Å². The van der Waals surface area contributed by atoms with Crippen molar-refractivity contribution in [1.29, 1.82) is 0 Å². The fourth-order valence-electron chi connectivity index (χ4n) is 4.52. The Labute approximate surface area is 202 Å². The van der Waals surface area contributed by atoms with E-state index >= 15 is 0 Å². The molecule has 1 fully saturated rings. The molecule has 0 spiro atoms. The van der Waals surface area contributed by atoms with Gasteiger partial charge in [-0.1, -0.05) is 47.5 Å². The minimum Gasteiger partial charge on any atom is -0.481 e. The molecule has 0 saturated carbocycles. The molecule has 1 unspecified atom stereocenters. The van der Waals surface area contributed by atoms with Gasteiger partial charge < -0.3 is 10.4 Å². The Morgan fingerprint density at radius 1 is 1.19 bits per heavy atom. The van der Waals surface area contributed by atoms with Crippen LogP contribution >= 0.6 is 35.1 Å². The molecule has 2 aromatic carbocycles. The minimum absolute atomic E-state index is 0.254. The van der Waals surface area contributed by atoms with E-state index in [1.807, 2.05) is 38.1 Å². The molecule has 0 amide bonds. The van der Waals surface area contributed by atoms with Crippen LogP contribution in [0, 0.1) is 4.91 Å². The molecular formula is C23H27Cl2N3O3S. The van der Waals surface area contributed by atoms with Crippen molar-refractivity contribution < 1.29 is 9.90 Å². The molecule has 2 aromatic rings. The van der Waals surface area contributed by atoms with Gasteiger partial charge in [0.25, 0.3) is 0 Å². The van der Waals surface area contributed by atoms with Gasteiger partial charge in [-0.3, -0.25) is 9.69 Å². The van der Waals surface area contributed by atoms with E-state index in [2.05, 4.69) is 14.8 Å². The van der Waals surface area contributed by atoms with Crippen molar-refractivity contribution >= 4 is 52.5 Å². The van der Waals surface area contributed by atoms with Gasteiger partial charge in [0.2, 0.25) is 0 Å². The number of hydrogen-bond donors (Lipinski definition) is 2. The van der Waals surface area contributed by atoms with Crippen molar-refractivity contribution in [1.82, 2.24) is 4.90 Å². The van der Waals surface area contributed by atoms with E-state index in [4.69, 9.17) is 23.2 Å². The second-order valence-corrected chi connectivity index (χ2v) is 11.1. The van der Waals surface area contributed by atoms with Crippen LogP contribution in [0.15, 0.2) is 47.0 Å². The number of likely N-dealkylation sites (tertiary alicyclic amines) is 1. The van der Waals surface area contributed by atoms with Crippen molar-refractivity contribution in [3.05, 3.63) is 63.0 Å². The third-order valence-electron chi connectivity index (χ3n) is 6.05. The molecule has 172 valence electrons.